The lowest BCUT2D eigenvalue weighted by atomic mass is 9.98. The van der Waals surface area contributed by atoms with Crippen LogP contribution in [-0.2, 0) is 4.79 Å². The van der Waals surface area contributed by atoms with Crippen molar-refractivity contribution in [2.24, 2.45) is 0 Å². The van der Waals surface area contributed by atoms with Gasteiger partial charge in [-0.1, -0.05) is 18.6 Å². The molecular weight excluding hydrogens is 563 g/mol. The minimum atomic E-state index is -5.09. The Balaban J connectivity index is 1.28. The maximum Gasteiger partial charge on any atom is 0.491 e. The molecule has 1 aliphatic rings. The summed E-state index contributed by atoms with van der Waals surface area (Å²) >= 11 is 1.66. The molecule has 1 aliphatic heterocycles. The van der Waals surface area contributed by atoms with E-state index in [0.29, 0.717) is 28.9 Å². The molecular formula is C33H28F3NO4S. The molecule has 0 amide bonds. The maximum absolute atomic E-state index is 12.8. The lowest BCUT2D eigenvalue weighted by molar-refractivity contribution is -0.189. The SMILES string of the molecule is O=C(Oc1ccc2c(Oc3ccc(OCCN4CCCCC4)cc3)c(-c3ccc4sccc4c3)ccc2c1)C(F)(F)F. The van der Waals surface area contributed by atoms with Gasteiger partial charge in [-0.15, -0.1) is 11.3 Å². The third-order valence-corrected chi connectivity index (χ3v) is 8.21. The summed E-state index contributed by atoms with van der Waals surface area (Å²) in [6, 6.07) is 23.6. The molecule has 5 nitrogen and oxygen atoms in total. The average molecular weight is 592 g/mol. The lowest BCUT2D eigenvalue weighted by Gasteiger charge is -2.26. The van der Waals surface area contributed by atoms with Crippen LogP contribution in [0.1, 0.15) is 19.3 Å². The number of alkyl halides is 3. The fourth-order valence-corrected chi connectivity index (χ4v) is 5.95. The van der Waals surface area contributed by atoms with Gasteiger partial charge in [-0.2, -0.15) is 13.2 Å². The standard InChI is InChI=1S/C33H28F3NO4S/c34-33(35,36)32(38)41-27-10-12-29-23(21-27)4-11-28(22-5-13-30-24(20-22)14-19-42-30)31(29)40-26-8-6-25(7-9-26)39-18-17-37-15-2-1-3-16-37/h4-14,19-21H,1-3,15-18H2. The summed E-state index contributed by atoms with van der Waals surface area (Å²) in [6.45, 7) is 3.75. The van der Waals surface area contributed by atoms with E-state index in [1.54, 1.807) is 23.5 Å². The van der Waals surface area contributed by atoms with E-state index >= 15 is 0 Å². The molecule has 0 N–H and O–H groups in total. The van der Waals surface area contributed by atoms with E-state index in [1.165, 1.54) is 31.4 Å². The number of hydrogen-bond acceptors (Lipinski definition) is 6. The van der Waals surface area contributed by atoms with Crippen LogP contribution in [0.25, 0.3) is 32.0 Å². The number of carbonyl (C=O) groups is 1. The van der Waals surface area contributed by atoms with Gasteiger partial charge in [0.1, 0.15) is 29.6 Å². The molecule has 1 saturated heterocycles. The fraction of sp³-hybridized carbons (Fsp3) is 0.242. The molecule has 2 heterocycles. The molecule has 9 heteroatoms. The Hall–Kier alpha value is -4.08. The van der Waals surface area contributed by atoms with Crippen molar-refractivity contribution < 1.29 is 32.2 Å². The van der Waals surface area contributed by atoms with Crippen molar-refractivity contribution in [2.45, 2.75) is 25.4 Å². The highest BCUT2D eigenvalue weighted by Crippen LogP contribution is 2.42. The second-order valence-electron chi connectivity index (χ2n) is 10.2. The third kappa shape index (κ3) is 6.37. The van der Waals surface area contributed by atoms with Gasteiger partial charge in [-0.05, 0) is 114 Å². The molecule has 1 fully saturated rings. The van der Waals surface area contributed by atoms with Crippen LogP contribution in [-0.4, -0.2) is 43.3 Å². The number of hydrogen-bond donors (Lipinski definition) is 0. The zero-order chi connectivity index (χ0) is 29.1. The molecule has 216 valence electrons. The third-order valence-electron chi connectivity index (χ3n) is 7.32. The second-order valence-corrected chi connectivity index (χ2v) is 11.2. The molecule has 0 atom stereocenters. The van der Waals surface area contributed by atoms with Crippen LogP contribution in [0.3, 0.4) is 0 Å². The van der Waals surface area contributed by atoms with Gasteiger partial charge in [-0.3, -0.25) is 4.90 Å². The van der Waals surface area contributed by atoms with Crippen LogP contribution in [0.2, 0.25) is 0 Å². The molecule has 42 heavy (non-hydrogen) atoms. The fourth-order valence-electron chi connectivity index (χ4n) is 5.18. The Kier molecular flexibility index (Phi) is 8.04. The molecule has 0 bridgehead atoms. The Morgan fingerprint density at radius 3 is 2.36 bits per heavy atom. The van der Waals surface area contributed by atoms with Gasteiger partial charge in [0.2, 0.25) is 0 Å². The van der Waals surface area contributed by atoms with E-state index in [9.17, 15) is 18.0 Å². The number of thiophene rings is 1. The van der Waals surface area contributed by atoms with Gasteiger partial charge in [0.15, 0.2) is 0 Å². The van der Waals surface area contributed by atoms with Crippen molar-refractivity contribution in [1.82, 2.24) is 4.90 Å². The highest BCUT2D eigenvalue weighted by atomic mass is 32.1. The quantitative estimate of drug-likeness (QED) is 0.133. The number of rotatable bonds is 8. The van der Waals surface area contributed by atoms with E-state index < -0.39 is 12.1 Å². The smallest absolute Gasteiger partial charge is 0.491 e. The van der Waals surface area contributed by atoms with E-state index in [0.717, 1.165) is 46.6 Å². The molecule has 6 rings (SSSR count). The topological polar surface area (TPSA) is 48.0 Å². The second kappa shape index (κ2) is 12.0. The van der Waals surface area contributed by atoms with Crippen molar-refractivity contribution in [3.63, 3.8) is 0 Å². The van der Waals surface area contributed by atoms with E-state index in [2.05, 4.69) is 27.8 Å². The van der Waals surface area contributed by atoms with Crippen molar-refractivity contribution in [3.05, 3.63) is 84.2 Å². The number of halogens is 3. The van der Waals surface area contributed by atoms with Crippen LogP contribution in [0.15, 0.2) is 84.2 Å². The van der Waals surface area contributed by atoms with Gasteiger partial charge >= 0.3 is 12.1 Å². The number of likely N-dealkylation sites (tertiary alicyclic amines) is 1. The van der Waals surface area contributed by atoms with Crippen molar-refractivity contribution in [3.8, 4) is 34.1 Å². The summed E-state index contributed by atoms with van der Waals surface area (Å²) in [4.78, 5) is 13.8. The predicted octanol–water partition coefficient (Wildman–Crippen LogP) is 8.85. The van der Waals surface area contributed by atoms with Crippen molar-refractivity contribution in [1.29, 1.82) is 0 Å². The Labute approximate surface area is 245 Å². The largest absolute Gasteiger partial charge is 0.492 e. The first-order chi connectivity index (χ1) is 20.3. The number of ether oxygens (including phenoxy) is 3. The summed E-state index contributed by atoms with van der Waals surface area (Å²) < 4.78 is 56.4. The van der Waals surface area contributed by atoms with E-state index in [-0.39, 0.29) is 5.75 Å². The van der Waals surface area contributed by atoms with E-state index in [1.807, 2.05) is 41.8 Å². The maximum atomic E-state index is 12.8. The number of esters is 1. The van der Waals surface area contributed by atoms with Crippen molar-refractivity contribution in [2.75, 3.05) is 26.2 Å². The Morgan fingerprint density at radius 1 is 0.810 bits per heavy atom. The molecule has 4 aromatic carbocycles. The van der Waals surface area contributed by atoms with E-state index in [4.69, 9.17) is 9.47 Å². The molecule has 0 spiro atoms. The van der Waals surface area contributed by atoms with Gasteiger partial charge in [0.25, 0.3) is 0 Å². The van der Waals surface area contributed by atoms with Crippen LogP contribution in [0.5, 0.6) is 23.0 Å². The van der Waals surface area contributed by atoms with Crippen LogP contribution in [0.4, 0.5) is 13.2 Å². The Bertz CT molecular complexity index is 1710. The van der Waals surface area contributed by atoms with Crippen molar-refractivity contribution >= 4 is 38.2 Å². The summed E-state index contributed by atoms with van der Waals surface area (Å²) in [5.74, 6) is -0.603. The first-order valence-corrected chi connectivity index (χ1v) is 14.7. The lowest BCUT2D eigenvalue weighted by Crippen LogP contribution is -2.33. The molecule has 0 aliphatic carbocycles. The number of fused-ring (bicyclic) bond motifs is 2. The summed E-state index contributed by atoms with van der Waals surface area (Å²) in [6.07, 6.45) is -1.31. The van der Waals surface area contributed by atoms with Crippen LogP contribution >= 0.6 is 11.3 Å². The van der Waals surface area contributed by atoms with Crippen LogP contribution in [0, 0.1) is 0 Å². The normalized spacial score (nSPS) is 14.3. The summed E-state index contributed by atoms with van der Waals surface area (Å²) in [5, 5.41) is 4.36. The van der Waals surface area contributed by atoms with Gasteiger partial charge in [-0.25, -0.2) is 4.79 Å². The summed E-state index contributed by atoms with van der Waals surface area (Å²) in [5.41, 5.74) is 1.75. The highest BCUT2D eigenvalue weighted by molar-refractivity contribution is 7.17. The molecule has 0 radical (unpaired) electrons. The molecule has 0 saturated carbocycles. The van der Waals surface area contributed by atoms with Gasteiger partial charge in [0.05, 0.1) is 0 Å². The monoisotopic (exact) mass is 591 g/mol. The molecule has 1 aromatic heterocycles. The zero-order valence-electron chi connectivity index (χ0n) is 22.7. The number of benzene rings is 4. The molecule has 0 unspecified atom stereocenters. The zero-order valence-corrected chi connectivity index (χ0v) is 23.5. The number of carbonyl (C=O) groups excluding carboxylic acids is 1. The minimum absolute atomic E-state index is 0.200. The summed E-state index contributed by atoms with van der Waals surface area (Å²) in [7, 11) is 0. The van der Waals surface area contributed by atoms with Crippen LogP contribution < -0.4 is 14.2 Å². The number of piperidine rings is 1. The first kappa shape index (κ1) is 28.1. The minimum Gasteiger partial charge on any atom is -0.492 e. The molecule has 5 aromatic rings. The Morgan fingerprint density at radius 2 is 1.57 bits per heavy atom. The highest BCUT2D eigenvalue weighted by Gasteiger charge is 2.41. The predicted molar refractivity (Wildman–Crippen MR) is 159 cm³/mol. The van der Waals surface area contributed by atoms with Gasteiger partial charge in [0, 0.05) is 22.2 Å². The first-order valence-electron chi connectivity index (χ1n) is 13.8. The average Bonchev–Trinajstić information content (AvgIpc) is 3.46. The number of nitrogens with zero attached hydrogens (tertiary/aromatic N) is 1. The van der Waals surface area contributed by atoms with Gasteiger partial charge < -0.3 is 14.2 Å².